The van der Waals surface area contributed by atoms with Gasteiger partial charge in [0.2, 0.25) is 0 Å². The summed E-state index contributed by atoms with van der Waals surface area (Å²) in [7, 11) is 0. The van der Waals surface area contributed by atoms with E-state index < -0.39 is 35.9 Å². The molecule has 0 spiro atoms. The van der Waals surface area contributed by atoms with E-state index in [0.717, 1.165) is 12.0 Å². The minimum Gasteiger partial charge on any atom is -0.460 e. The molecule has 10 nitrogen and oxygen atoms in total. The summed E-state index contributed by atoms with van der Waals surface area (Å²) < 4.78 is 27.9. The van der Waals surface area contributed by atoms with Gasteiger partial charge in [0.25, 0.3) is 0 Å². The Balaban J connectivity index is 2.05. The van der Waals surface area contributed by atoms with Crippen molar-refractivity contribution in [3.8, 4) is 0 Å². The van der Waals surface area contributed by atoms with Gasteiger partial charge in [0, 0.05) is 25.4 Å². The van der Waals surface area contributed by atoms with Crippen LogP contribution in [-0.2, 0) is 38.1 Å². The van der Waals surface area contributed by atoms with E-state index in [9.17, 15) is 24.6 Å². The van der Waals surface area contributed by atoms with Crippen LogP contribution in [0.15, 0.2) is 36.0 Å². The fraction of sp³-hybridized carbons (Fsp3) is 0.735. The van der Waals surface area contributed by atoms with Crippen LogP contribution in [0.4, 0.5) is 0 Å². The van der Waals surface area contributed by atoms with Crippen LogP contribution in [0.25, 0.3) is 0 Å². The molecule has 0 aromatic heterocycles. The lowest BCUT2D eigenvalue weighted by molar-refractivity contribution is -0.158. The van der Waals surface area contributed by atoms with Gasteiger partial charge in [-0.05, 0) is 64.0 Å². The summed E-state index contributed by atoms with van der Waals surface area (Å²) in [6.45, 7) is 15.0. The second-order valence-corrected chi connectivity index (χ2v) is 12.5. The average Bonchev–Trinajstić information content (AvgIpc) is 3.72. The van der Waals surface area contributed by atoms with Gasteiger partial charge >= 0.3 is 17.9 Å². The fourth-order valence-corrected chi connectivity index (χ4v) is 5.54. The van der Waals surface area contributed by atoms with Crippen molar-refractivity contribution in [1.29, 1.82) is 0 Å². The molecule has 2 aliphatic rings. The van der Waals surface area contributed by atoms with Crippen LogP contribution in [0.2, 0.25) is 0 Å². The Kier molecular flexibility index (Phi) is 15.3. The number of hydrogen-bond acceptors (Lipinski definition) is 10. The van der Waals surface area contributed by atoms with E-state index in [0.29, 0.717) is 13.0 Å². The molecule has 2 aliphatic heterocycles. The summed E-state index contributed by atoms with van der Waals surface area (Å²) in [5, 5.41) is 21.4. The molecule has 10 heteroatoms. The van der Waals surface area contributed by atoms with Gasteiger partial charge in [0.1, 0.15) is 30.5 Å². The minimum absolute atomic E-state index is 0.0307. The zero-order valence-corrected chi connectivity index (χ0v) is 27.7. The first-order chi connectivity index (χ1) is 20.7. The summed E-state index contributed by atoms with van der Waals surface area (Å²) >= 11 is 0. The van der Waals surface area contributed by atoms with Gasteiger partial charge in [-0.2, -0.15) is 0 Å². The van der Waals surface area contributed by atoms with Gasteiger partial charge in [0.15, 0.2) is 0 Å². The van der Waals surface area contributed by atoms with Crippen LogP contribution in [-0.4, -0.2) is 83.6 Å². The Morgan fingerprint density at radius 2 is 1.91 bits per heavy atom. The maximum atomic E-state index is 12.7. The maximum absolute atomic E-state index is 12.7. The van der Waals surface area contributed by atoms with Crippen molar-refractivity contribution in [1.82, 2.24) is 0 Å². The number of rotatable bonds is 13. The molecule has 250 valence electrons. The fourth-order valence-electron chi connectivity index (χ4n) is 5.54. The van der Waals surface area contributed by atoms with Gasteiger partial charge in [-0.15, -0.1) is 0 Å². The zero-order chi connectivity index (χ0) is 33.0. The van der Waals surface area contributed by atoms with E-state index in [1.54, 1.807) is 19.1 Å². The van der Waals surface area contributed by atoms with E-state index in [-0.39, 0.29) is 67.9 Å². The molecule has 2 rings (SSSR count). The molecular weight excluding hydrogens is 568 g/mol. The van der Waals surface area contributed by atoms with Crippen LogP contribution >= 0.6 is 0 Å². The molecule has 0 aromatic rings. The Hall–Kier alpha value is -2.53. The van der Waals surface area contributed by atoms with Crippen molar-refractivity contribution in [3.05, 3.63) is 36.0 Å². The van der Waals surface area contributed by atoms with Gasteiger partial charge in [-0.1, -0.05) is 52.0 Å². The third kappa shape index (κ3) is 12.5. The molecule has 0 amide bonds. The number of carbonyl (C=O) groups is 3. The summed E-state index contributed by atoms with van der Waals surface area (Å²) in [6, 6.07) is 0. The van der Waals surface area contributed by atoms with Crippen molar-refractivity contribution >= 4 is 17.9 Å². The molecule has 0 radical (unpaired) electrons. The van der Waals surface area contributed by atoms with Crippen LogP contribution in [0.1, 0.15) is 87.5 Å². The number of esters is 3. The van der Waals surface area contributed by atoms with E-state index in [1.807, 2.05) is 46.8 Å². The van der Waals surface area contributed by atoms with Gasteiger partial charge in [0.05, 0.1) is 24.7 Å². The van der Waals surface area contributed by atoms with Gasteiger partial charge in [-0.25, -0.2) is 4.79 Å². The third-order valence-electron chi connectivity index (χ3n) is 8.30. The van der Waals surface area contributed by atoms with Crippen LogP contribution in [0.3, 0.4) is 0 Å². The molecule has 1 saturated heterocycles. The monoisotopic (exact) mass is 622 g/mol. The highest BCUT2D eigenvalue weighted by Gasteiger charge is 2.46. The van der Waals surface area contributed by atoms with Crippen molar-refractivity contribution in [2.75, 3.05) is 13.2 Å². The number of ether oxygens (including phenoxy) is 5. The van der Waals surface area contributed by atoms with E-state index in [4.69, 9.17) is 23.7 Å². The normalized spacial score (nSPS) is 32.9. The first-order valence-electron chi connectivity index (χ1n) is 15.9. The molecule has 2 N–H and O–H groups in total. The number of aliphatic hydroxyl groups is 2. The highest BCUT2D eigenvalue weighted by Crippen LogP contribution is 2.37. The number of carbonyl (C=O) groups excluding carboxylic acids is 3. The van der Waals surface area contributed by atoms with Crippen LogP contribution < -0.4 is 0 Å². The van der Waals surface area contributed by atoms with Gasteiger partial charge in [-0.3, -0.25) is 9.59 Å². The molecule has 44 heavy (non-hydrogen) atoms. The highest BCUT2D eigenvalue weighted by molar-refractivity contribution is 5.71. The SMILES string of the molecule is CCOCC(=O)OC(CC)C(C)C1OC1CC(C)/C=C/C=C(\C)C1OC(=O)CC(O)CCC(C)(O)C(OC(C)=O)/C=C\C1C. The molecule has 0 bridgehead atoms. The molecule has 10 atom stereocenters. The molecule has 2 heterocycles. The molecule has 0 aliphatic carbocycles. The van der Waals surface area contributed by atoms with E-state index in [1.165, 1.54) is 6.92 Å². The number of epoxide rings is 1. The zero-order valence-electron chi connectivity index (χ0n) is 27.7. The summed E-state index contributed by atoms with van der Waals surface area (Å²) in [6.07, 6.45) is 8.27. The molecule has 0 aromatic carbocycles. The smallest absolute Gasteiger partial charge is 0.332 e. The third-order valence-corrected chi connectivity index (χ3v) is 8.30. The molecular formula is C34H54O10. The summed E-state index contributed by atoms with van der Waals surface area (Å²) in [4.78, 5) is 36.4. The highest BCUT2D eigenvalue weighted by atomic mass is 16.6. The van der Waals surface area contributed by atoms with Gasteiger partial charge < -0.3 is 33.9 Å². The van der Waals surface area contributed by atoms with Crippen molar-refractivity contribution in [3.63, 3.8) is 0 Å². The van der Waals surface area contributed by atoms with Crippen molar-refractivity contribution in [2.45, 2.75) is 130 Å². The topological polar surface area (TPSA) is 141 Å². The van der Waals surface area contributed by atoms with Crippen molar-refractivity contribution < 1.29 is 48.3 Å². The number of allylic oxidation sites excluding steroid dienone is 3. The van der Waals surface area contributed by atoms with Crippen LogP contribution in [0, 0.1) is 17.8 Å². The maximum Gasteiger partial charge on any atom is 0.332 e. The number of hydrogen-bond donors (Lipinski definition) is 2. The molecule has 0 saturated carbocycles. The Bertz CT molecular complexity index is 1030. The Labute approximate surface area is 262 Å². The first-order valence-corrected chi connectivity index (χ1v) is 15.9. The average molecular weight is 623 g/mol. The molecule has 1 fully saturated rings. The lowest BCUT2D eigenvalue weighted by atomic mass is 9.88. The number of cyclic esters (lactones) is 1. The second kappa shape index (κ2) is 17.8. The lowest BCUT2D eigenvalue weighted by Crippen LogP contribution is -2.42. The standard InChI is InChI=1S/C34H54O10/c1-9-27(42-31(38)20-40-10-2)24(6)33-28(43-33)18-21(3)12-11-13-22(4)32-23(5)14-15-29(41-25(7)35)34(8,39)17-16-26(36)19-30(37)44-32/h11-15,21,23-24,26-29,32-33,36,39H,9-10,16-20H2,1-8H3/b12-11+,15-14-,22-13+. The lowest BCUT2D eigenvalue weighted by Gasteiger charge is -2.32. The van der Waals surface area contributed by atoms with Crippen LogP contribution in [0.5, 0.6) is 0 Å². The number of aliphatic hydroxyl groups excluding tert-OH is 1. The second-order valence-electron chi connectivity index (χ2n) is 12.5. The first kappa shape index (κ1) is 37.7. The summed E-state index contributed by atoms with van der Waals surface area (Å²) in [5.74, 6) is -1.43. The predicted octanol–water partition coefficient (Wildman–Crippen LogP) is 4.61. The van der Waals surface area contributed by atoms with E-state index in [2.05, 4.69) is 13.0 Å². The Morgan fingerprint density at radius 1 is 1.20 bits per heavy atom. The van der Waals surface area contributed by atoms with Crippen molar-refractivity contribution in [2.24, 2.45) is 17.8 Å². The Morgan fingerprint density at radius 3 is 2.55 bits per heavy atom. The van der Waals surface area contributed by atoms with E-state index >= 15 is 0 Å². The minimum atomic E-state index is -1.42. The molecule has 10 unspecified atom stereocenters. The predicted molar refractivity (Wildman–Crippen MR) is 165 cm³/mol. The quantitative estimate of drug-likeness (QED) is 0.0984. The summed E-state index contributed by atoms with van der Waals surface area (Å²) in [5.41, 5.74) is -0.617. The largest absolute Gasteiger partial charge is 0.460 e.